The number of esters is 1. The summed E-state index contributed by atoms with van der Waals surface area (Å²) >= 11 is 6.38. The van der Waals surface area contributed by atoms with Crippen molar-refractivity contribution in [3.05, 3.63) is 53.1 Å². The molecule has 8 nitrogen and oxygen atoms in total. The lowest BCUT2D eigenvalue weighted by molar-refractivity contribution is -0.151. The third-order valence-electron chi connectivity index (χ3n) is 9.16. The number of anilines is 2. The largest absolute Gasteiger partial charge is 0.428 e. The first kappa shape index (κ1) is 36.7. The Balaban J connectivity index is 1.18. The molecule has 2 aromatic rings. The fourth-order valence-electron chi connectivity index (χ4n) is 6.32. The van der Waals surface area contributed by atoms with Crippen LogP contribution in [0.2, 0.25) is 5.02 Å². The van der Waals surface area contributed by atoms with E-state index in [0.29, 0.717) is 28.5 Å². The Morgan fingerprint density at radius 3 is 1.98 bits per heavy atom. The Bertz CT molecular complexity index is 1290. The van der Waals surface area contributed by atoms with E-state index in [9.17, 15) is 9.59 Å². The van der Waals surface area contributed by atoms with Gasteiger partial charge in [0.1, 0.15) is 5.84 Å². The van der Waals surface area contributed by atoms with Crippen LogP contribution in [0.3, 0.4) is 0 Å². The summed E-state index contributed by atoms with van der Waals surface area (Å²) in [7, 11) is 2.11. The molecule has 2 heterocycles. The van der Waals surface area contributed by atoms with Crippen molar-refractivity contribution in [2.24, 2.45) is 4.99 Å². The normalized spacial score (nSPS) is 14.7. The Hall–Kier alpha value is -3.10. The smallest absolute Gasteiger partial charge is 0.421 e. The number of fused-ring (bicyclic) bond motifs is 2. The molecule has 47 heavy (non-hydrogen) atoms. The van der Waals surface area contributed by atoms with Gasteiger partial charge in [0.05, 0.1) is 17.1 Å². The van der Waals surface area contributed by atoms with Gasteiger partial charge >= 0.3 is 12.1 Å². The van der Waals surface area contributed by atoms with E-state index >= 15 is 0 Å². The molecule has 2 aromatic carbocycles. The Morgan fingerprint density at radius 1 is 0.745 bits per heavy atom. The van der Waals surface area contributed by atoms with Crippen LogP contribution in [-0.2, 0) is 14.3 Å². The highest BCUT2D eigenvalue weighted by Gasteiger charge is 2.31. The molecule has 0 radical (unpaired) electrons. The van der Waals surface area contributed by atoms with Crippen molar-refractivity contribution < 1.29 is 19.1 Å². The highest BCUT2D eigenvalue weighted by atomic mass is 35.5. The van der Waals surface area contributed by atoms with Crippen LogP contribution in [-0.4, -0.2) is 67.7 Å². The summed E-state index contributed by atoms with van der Waals surface area (Å²) in [6, 6.07) is 12.9. The molecule has 0 N–H and O–H groups in total. The molecular formula is C38H55ClN4O4. The van der Waals surface area contributed by atoms with Crippen LogP contribution in [0.25, 0.3) is 0 Å². The predicted octanol–water partition coefficient (Wildman–Crippen LogP) is 10.0. The van der Waals surface area contributed by atoms with Gasteiger partial charge in [-0.1, -0.05) is 121 Å². The lowest BCUT2D eigenvalue weighted by Gasteiger charge is -2.35. The van der Waals surface area contributed by atoms with E-state index < -0.39 is 12.9 Å². The van der Waals surface area contributed by atoms with Gasteiger partial charge < -0.3 is 19.3 Å². The molecule has 0 bridgehead atoms. The number of amides is 1. The van der Waals surface area contributed by atoms with Gasteiger partial charge in [-0.05, 0) is 43.8 Å². The molecule has 9 heteroatoms. The molecule has 4 rings (SSSR count). The van der Waals surface area contributed by atoms with E-state index in [1.165, 1.54) is 81.9 Å². The van der Waals surface area contributed by atoms with Gasteiger partial charge in [-0.2, -0.15) is 0 Å². The van der Waals surface area contributed by atoms with Gasteiger partial charge in [0.25, 0.3) is 0 Å². The van der Waals surface area contributed by atoms with E-state index in [1.807, 2.05) is 24.3 Å². The zero-order valence-corrected chi connectivity index (χ0v) is 29.4. The summed E-state index contributed by atoms with van der Waals surface area (Å²) in [5.41, 5.74) is 2.61. The maximum atomic E-state index is 13.6. The van der Waals surface area contributed by atoms with Gasteiger partial charge in [-0.3, -0.25) is 4.79 Å². The third kappa shape index (κ3) is 11.8. The topological polar surface area (TPSA) is 74.7 Å². The summed E-state index contributed by atoms with van der Waals surface area (Å²) < 4.78 is 10.8. The molecule has 2 aliphatic rings. The van der Waals surface area contributed by atoms with Crippen LogP contribution in [0.15, 0.2) is 47.5 Å². The number of halogens is 1. The Morgan fingerprint density at radius 2 is 1.34 bits per heavy atom. The third-order valence-corrected chi connectivity index (χ3v) is 9.40. The molecule has 258 valence electrons. The van der Waals surface area contributed by atoms with E-state index in [0.717, 1.165) is 56.8 Å². The van der Waals surface area contributed by atoms with Gasteiger partial charge in [0.15, 0.2) is 0 Å². The van der Waals surface area contributed by atoms with Crippen molar-refractivity contribution in [2.75, 3.05) is 44.9 Å². The molecular weight excluding hydrogens is 612 g/mol. The highest BCUT2D eigenvalue weighted by Crippen LogP contribution is 2.41. The summed E-state index contributed by atoms with van der Waals surface area (Å²) in [6.07, 6.45) is 18.8. The van der Waals surface area contributed by atoms with Crippen molar-refractivity contribution in [1.29, 1.82) is 0 Å². The van der Waals surface area contributed by atoms with Crippen LogP contribution in [0.5, 0.6) is 0 Å². The number of piperazine rings is 1. The number of unbranched alkanes of at least 4 members (excludes halogenated alkanes) is 14. The van der Waals surface area contributed by atoms with E-state index in [-0.39, 0.29) is 5.97 Å². The fourth-order valence-corrected chi connectivity index (χ4v) is 6.48. The van der Waals surface area contributed by atoms with Crippen LogP contribution in [0.1, 0.15) is 115 Å². The number of carbonyl (C=O) groups excluding carboxylic acids is 2. The van der Waals surface area contributed by atoms with Crippen molar-refractivity contribution >= 4 is 46.6 Å². The van der Waals surface area contributed by atoms with Crippen molar-refractivity contribution in [2.45, 2.75) is 110 Å². The van der Waals surface area contributed by atoms with Gasteiger partial charge in [-0.15, -0.1) is 0 Å². The molecule has 1 amide bonds. The first-order valence-corrected chi connectivity index (χ1v) is 18.4. The van der Waals surface area contributed by atoms with Gasteiger partial charge in [-0.25, -0.2) is 14.7 Å². The average molecular weight is 667 g/mol. The SMILES string of the molecule is CCCCCCCCCCCCCCCCCC(=O)OCOC(=O)N1c2ccc(Cl)cc2N=C(N2CCN(C)CC2)c2ccccc21. The highest BCUT2D eigenvalue weighted by molar-refractivity contribution is 6.31. The lowest BCUT2D eigenvalue weighted by atomic mass is 10.0. The second-order valence-electron chi connectivity index (χ2n) is 13.0. The second-order valence-corrected chi connectivity index (χ2v) is 13.4. The van der Waals surface area contributed by atoms with Crippen LogP contribution < -0.4 is 4.90 Å². The minimum Gasteiger partial charge on any atom is -0.428 e. The number of benzene rings is 2. The van der Waals surface area contributed by atoms with Crippen LogP contribution in [0, 0.1) is 0 Å². The zero-order chi connectivity index (χ0) is 33.3. The van der Waals surface area contributed by atoms with Gasteiger partial charge in [0.2, 0.25) is 6.79 Å². The number of carbonyl (C=O) groups is 2. The number of nitrogens with zero attached hydrogens (tertiary/aromatic N) is 4. The summed E-state index contributed by atoms with van der Waals surface area (Å²) in [5.74, 6) is 0.444. The first-order valence-electron chi connectivity index (χ1n) is 18.0. The van der Waals surface area contributed by atoms with E-state index in [2.05, 4.69) is 23.8 Å². The first-order chi connectivity index (χ1) is 23.0. The number of rotatable bonds is 18. The molecule has 0 unspecified atom stereocenters. The molecule has 0 spiro atoms. The number of amidine groups is 1. The number of likely N-dealkylation sites (N-methyl/N-ethyl adjacent to an activating group) is 1. The molecule has 1 fully saturated rings. The average Bonchev–Trinajstić information content (AvgIpc) is 3.21. The number of hydrogen-bond acceptors (Lipinski definition) is 7. The molecule has 0 saturated carbocycles. The number of hydrogen-bond donors (Lipinski definition) is 0. The van der Waals surface area contributed by atoms with E-state index in [1.54, 1.807) is 18.2 Å². The number of para-hydroxylation sites is 1. The summed E-state index contributed by atoms with van der Waals surface area (Å²) in [4.78, 5) is 37.0. The molecule has 1 saturated heterocycles. The van der Waals surface area contributed by atoms with Crippen LogP contribution in [0.4, 0.5) is 21.9 Å². The molecule has 0 atom stereocenters. The van der Waals surface area contributed by atoms with Crippen molar-refractivity contribution in [3.63, 3.8) is 0 Å². The molecule has 2 aliphatic heterocycles. The standard InChI is InChI=1S/C38H55ClN4O4/c1-3-4-5-6-7-8-9-10-11-12-13-14-15-16-17-22-36(44)46-30-47-38(45)43-34-21-19-18-20-32(34)37(42-27-25-41(2)26-28-42)40-33-29-31(39)23-24-35(33)43/h18-21,23-24,29H,3-17,22,25-28,30H2,1-2H3. The van der Waals surface area contributed by atoms with Gasteiger partial charge in [0, 0.05) is 43.2 Å². The number of ether oxygens (including phenoxy) is 2. The van der Waals surface area contributed by atoms with Crippen molar-refractivity contribution in [3.8, 4) is 0 Å². The summed E-state index contributed by atoms with van der Waals surface area (Å²) in [6.45, 7) is 5.30. The maximum Gasteiger partial charge on any atom is 0.421 e. The predicted molar refractivity (Wildman–Crippen MR) is 192 cm³/mol. The monoisotopic (exact) mass is 666 g/mol. The zero-order valence-electron chi connectivity index (χ0n) is 28.7. The summed E-state index contributed by atoms with van der Waals surface area (Å²) in [5, 5.41) is 0.525. The minimum absolute atomic E-state index is 0.325. The fraction of sp³-hybridized carbons (Fsp3) is 0.605. The second kappa shape index (κ2) is 20.3. The Labute approximate surface area is 287 Å². The number of aliphatic imine (C=N–C) groups is 1. The minimum atomic E-state index is -0.643. The van der Waals surface area contributed by atoms with E-state index in [4.69, 9.17) is 26.1 Å². The van der Waals surface area contributed by atoms with Crippen LogP contribution >= 0.6 is 11.6 Å². The molecule has 0 aliphatic carbocycles. The Kier molecular flexibility index (Phi) is 15.9. The molecule has 0 aromatic heterocycles. The lowest BCUT2D eigenvalue weighted by Crippen LogP contribution is -2.47. The van der Waals surface area contributed by atoms with Crippen molar-refractivity contribution in [1.82, 2.24) is 9.80 Å². The quantitative estimate of drug-likeness (QED) is 0.0895. The maximum absolute atomic E-state index is 13.6.